The number of halogens is 1. The van der Waals surface area contributed by atoms with Gasteiger partial charge in [-0.1, -0.05) is 53.6 Å². The van der Waals surface area contributed by atoms with Gasteiger partial charge in [-0.3, -0.25) is 4.79 Å². The molecular weight excluding hydrogens is 388 g/mol. The molecule has 0 aromatic heterocycles. The normalized spacial score (nSPS) is 10.7. The smallest absolute Gasteiger partial charge is 0.277 e. The van der Waals surface area contributed by atoms with E-state index in [9.17, 15) is 4.79 Å². The number of amides is 1. The van der Waals surface area contributed by atoms with E-state index in [2.05, 4.69) is 29.6 Å². The molecule has 5 nitrogen and oxygen atoms in total. The number of benzene rings is 3. The highest BCUT2D eigenvalue weighted by atomic mass is 35.5. The Balaban J connectivity index is 1.46. The van der Waals surface area contributed by atoms with Crippen LogP contribution in [0.1, 0.15) is 16.7 Å². The van der Waals surface area contributed by atoms with Crippen LogP contribution < -0.4 is 14.9 Å². The van der Waals surface area contributed by atoms with Crippen LogP contribution in [0.3, 0.4) is 0 Å². The molecule has 0 aliphatic carbocycles. The largest absolute Gasteiger partial charge is 0.489 e. The zero-order chi connectivity index (χ0) is 20.5. The lowest BCUT2D eigenvalue weighted by Gasteiger charge is -2.07. The van der Waals surface area contributed by atoms with Crippen LogP contribution in [0.5, 0.6) is 11.5 Å². The number of carbonyl (C=O) groups is 1. The van der Waals surface area contributed by atoms with E-state index in [1.165, 1.54) is 5.56 Å². The monoisotopic (exact) mass is 408 g/mol. The van der Waals surface area contributed by atoms with Crippen molar-refractivity contribution < 1.29 is 14.3 Å². The fraction of sp³-hybridized carbons (Fsp3) is 0.130. The predicted octanol–water partition coefficient (Wildman–Crippen LogP) is 4.76. The molecule has 1 amide bonds. The zero-order valence-electron chi connectivity index (χ0n) is 16.0. The van der Waals surface area contributed by atoms with Gasteiger partial charge in [-0.05, 0) is 54.4 Å². The van der Waals surface area contributed by atoms with E-state index < -0.39 is 0 Å². The summed E-state index contributed by atoms with van der Waals surface area (Å²) in [7, 11) is 0. The van der Waals surface area contributed by atoms with Crippen LogP contribution in [-0.2, 0) is 11.4 Å². The van der Waals surface area contributed by atoms with Crippen LogP contribution in [0.4, 0.5) is 0 Å². The fourth-order valence-corrected chi connectivity index (χ4v) is 2.55. The molecule has 0 heterocycles. The van der Waals surface area contributed by atoms with Crippen molar-refractivity contribution in [2.75, 3.05) is 6.61 Å². The second-order valence-electron chi connectivity index (χ2n) is 6.38. The summed E-state index contributed by atoms with van der Waals surface area (Å²) in [6.45, 7) is 2.40. The molecule has 3 aromatic carbocycles. The van der Waals surface area contributed by atoms with Gasteiger partial charge in [-0.2, -0.15) is 5.10 Å². The topological polar surface area (TPSA) is 59.9 Å². The summed E-state index contributed by atoms with van der Waals surface area (Å²) in [5, 5.41) is 4.56. The Morgan fingerprint density at radius 2 is 1.76 bits per heavy atom. The van der Waals surface area contributed by atoms with Gasteiger partial charge in [-0.15, -0.1) is 0 Å². The Morgan fingerprint density at radius 3 is 2.52 bits per heavy atom. The minimum absolute atomic E-state index is 0.140. The number of carbonyl (C=O) groups excluding carboxylic acids is 1. The number of hydrogen-bond acceptors (Lipinski definition) is 4. The van der Waals surface area contributed by atoms with Gasteiger partial charge in [0, 0.05) is 5.02 Å². The average molecular weight is 409 g/mol. The Labute approximate surface area is 174 Å². The molecule has 148 valence electrons. The van der Waals surface area contributed by atoms with Crippen molar-refractivity contribution in [1.29, 1.82) is 0 Å². The van der Waals surface area contributed by atoms with Crippen molar-refractivity contribution in [3.63, 3.8) is 0 Å². The summed E-state index contributed by atoms with van der Waals surface area (Å²) in [5.74, 6) is 0.932. The molecule has 0 fully saturated rings. The number of nitrogens with one attached hydrogen (secondary N) is 1. The van der Waals surface area contributed by atoms with Crippen molar-refractivity contribution in [1.82, 2.24) is 5.43 Å². The lowest BCUT2D eigenvalue weighted by atomic mass is 10.2. The third-order valence-corrected chi connectivity index (χ3v) is 4.22. The Morgan fingerprint density at radius 1 is 1.00 bits per heavy atom. The summed E-state index contributed by atoms with van der Waals surface area (Å²) in [5.41, 5.74) is 5.56. The zero-order valence-corrected chi connectivity index (χ0v) is 16.7. The highest BCUT2D eigenvalue weighted by Gasteiger charge is 2.02. The van der Waals surface area contributed by atoms with E-state index >= 15 is 0 Å². The van der Waals surface area contributed by atoms with Crippen molar-refractivity contribution in [2.45, 2.75) is 13.5 Å². The second-order valence-corrected chi connectivity index (χ2v) is 6.82. The highest BCUT2D eigenvalue weighted by molar-refractivity contribution is 6.30. The van der Waals surface area contributed by atoms with Crippen molar-refractivity contribution in [2.24, 2.45) is 5.10 Å². The third-order valence-electron chi connectivity index (χ3n) is 3.97. The molecule has 0 radical (unpaired) electrons. The molecule has 0 saturated heterocycles. The number of hydrazone groups is 1. The maximum atomic E-state index is 11.8. The first-order valence-electron chi connectivity index (χ1n) is 9.07. The third kappa shape index (κ3) is 6.97. The summed E-state index contributed by atoms with van der Waals surface area (Å²) >= 11 is 5.81. The number of aryl methyl sites for hydroxylation is 1. The summed E-state index contributed by atoms with van der Waals surface area (Å²) in [6.07, 6.45) is 1.55. The lowest BCUT2D eigenvalue weighted by molar-refractivity contribution is -0.123. The lowest BCUT2D eigenvalue weighted by Crippen LogP contribution is -2.24. The van der Waals surface area contributed by atoms with Gasteiger partial charge in [-0.25, -0.2) is 5.43 Å². The Bertz CT molecular complexity index is 970. The SMILES string of the molecule is Cc1ccc(COc2cccc(C=NNC(=O)COc3ccc(Cl)cc3)c2)cc1. The molecule has 3 rings (SSSR count). The van der Waals surface area contributed by atoms with Crippen LogP contribution in [0.2, 0.25) is 5.02 Å². The number of nitrogens with zero attached hydrogens (tertiary/aromatic N) is 1. The standard InChI is InChI=1S/C23H21ClN2O3/c1-17-5-7-18(8-6-17)15-28-22-4-2-3-19(13-22)14-25-26-23(27)16-29-21-11-9-20(24)10-12-21/h2-14H,15-16H2,1H3,(H,26,27). The molecule has 6 heteroatoms. The summed E-state index contributed by atoms with van der Waals surface area (Å²) < 4.78 is 11.2. The van der Waals surface area contributed by atoms with E-state index in [1.54, 1.807) is 30.5 Å². The molecule has 1 N–H and O–H groups in total. The molecule has 29 heavy (non-hydrogen) atoms. The van der Waals surface area contributed by atoms with E-state index in [1.807, 2.05) is 36.4 Å². The predicted molar refractivity (Wildman–Crippen MR) is 115 cm³/mol. The minimum Gasteiger partial charge on any atom is -0.489 e. The maximum absolute atomic E-state index is 11.8. The van der Waals surface area contributed by atoms with Crippen LogP contribution in [0.15, 0.2) is 77.9 Å². The first-order chi connectivity index (χ1) is 14.1. The van der Waals surface area contributed by atoms with Crippen LogP contribution in [-0.4, -0.2) is 18.7 Å². The van der Waals surface area contributed by atoms with Crippen LogP contribution >= 0.6 is 11.6 Å². The molecule has 0 aliphatic heterocycles. The Kier molecular flexibility index (Phi) is 7.25. The van der Waals surface area contributed by atoms with Gasteiger partial charge >= 0.3 is 0 Å². The van der Waals surface area contributed by atoms with Crippen molar-refractivity contribution in [3.05, 3.63) is 94.5 Å². The molecule has 0 atom stereocenters. The molecule has 0 aliphatic rings. The first-order valence-corrected chi connectivity index (χ1v) is 9.45. The first kappa shape index (κ1) is 20.4. The van der Waals surface area contributed by atoms with E-state index in [-0.39, 0.29) is 12.5 Å². The maximum Gasteiger partial charge on any atom is 0.277 e. The quantitative estimate of drug-likeness (QED) is 0.432. The minimum atomic E-state index is -0.358. The van der Waals surface area contributed by atoms with Gasteiger partial charge in [0.1, 0.15) is 18.1 Å². The average Bonchev–Trinajstić information content (AvgIpc) is 2.73. The van der Waals surface area contributed by atoms with E-state index in [0.29, 0.717) is 17.4 Å². The van der Waals surface area contributed by atoms with Gasteiger partial charge < -0.3 is 9.47 Å². The van der Waals surface area contributed by atoms with Gasteiger partial charge in [0.15, 0.2) is 6.61 Å². The van der Waals surface area contributed by atoms with Gasteiger partial charge in [0.05, 0.1) is 6.21 Å². The highest BCUT2D eigenvalue weighted by Crippen LogP contribution is 2.16. The number of ether oxygens (including phenoxy) is 2. The van der Waals surface area contributed by atoms with Crippen molar-refractivity contribution in [3.8, 4) is 11.5 Å². The fourth-order valence-electron chi connectivity index (χ4n) is 2.43. The van der Waals surface area contributed by atoms with Gasteiger partial charge in [0.25, 0.3) is 5.91 Å². The Hall–Kier alpha value is -3.31. The van der Waals surface area contributed by atoms with Gasteiger partial charge in [0.2, 0.25) is 0 Å². The van der Waals surface area contributed by atoms with Crippen LogP contribution in [0, 0.1) is 6.92 Å². The molecule has 0 saturated carbocycles. The molecule has 0 bridgehead atoms. The molecule has 0 spiro atoms. The van der Waals surface area contributed by atoms with Crippen LogP contribution in [0.25, 0.3) is 0 Å². The van der Waals surface area contributed by atoms with E-state index in [4.69, 9.17) is 21.1 Å². The molecule has 0 unspecified atom stereocenters. The number of hydrogen-bond donors (Lipinski definition) is 1. The molecular formula is C23H21ClN2O3. The van der Waals surface area contributed by atoms with Crippen molar-refractivity contribution >= 4 is 23.7 Å². The molecule has 3 aromatic rings. The second kappa shape index (κ2) is 10.3. The van der Waals surface area contributed by atoms with E-state index in [0.717, 1.165) is 16.9 Å². The number of rotatable bonds is 8. The summed E-state index contributed by atoms with van der Waals surface area (Å²) in [4.78, 5) is 11.8. The summed E-state index contributed by atoms with van der Waals surface area (Å²) in [6, 6.07) is 22.5.